The zero-order valence-corrected chi connectivity index (χ0v) is 14.5. The van der Waals surface area contributed by atoms with Gasteiger partial charge in [-0.2, -0.15) is 0 Å². The molecule has 1 saturated heterocycles. The number of methoxy groups -OCH3 is 1. The third-order valence-electron chi connectivity index (χ3n) is 4.48. The number of likely N-dealkylation sites (tertiary alicyclic amines) is 1. The van der Waals surface area contributed by atoms with E-state index in [-0.39, 0.29) is 11.9 Å². The summed E-state index contributed by atoms with van der Waals surface area (Å²) in [5, 5.41) is 6.43. The molecule has 128 valence electrons. The number of anilines is 1. The lowest BCUT2D eigenvalue weighted by atomic mass is 10.1. The summed E-state index contributed by atoms with van der Waals surface area (Å²) in [5.74, 6) is 0.694. The Morgan fingerprint density at radius 2 is 2.22 bits per heavy atom. The topological polar surface area (TPSA) is 53.6 Å². The average molecular weight is 319 g/mol. The number of nitrogens with zero attached hydrogens (tertiary/aromatic N) is 1. The van der Waals surface area contributed by atoms with Gasteiger partial charge in [0.1, 0.15) is 5.75 Å². The van der Waals surface area contributed by atoms with Crippen LogP contribution < -0.4 is 15.4 Å². The fourth-order valence-corrected chi connectivity index (χ4v) is 3.18. The van der Waals surface area contributed by atoms with Gasteiger partial charge in [0.05, 0.1) is 12.8 Å². The fourth-order valence-electron chi connectivity index (χ4n) is 3.18. The van der Waals surface area contributed by atoms with Crippen LogP contribution in [-0.2, 0) is 4.79 Å². The van der Waals surface area contributed by atoms with Gasteiger partial charge in [-0.05, 0) is 45.0 Å². The molecule has 1 amide bonds. The van der Waals surface area contributed by atoms with Gasteiger partial charge in [0.2, 0.25) is 5.91 Å². The summed E-state index contributed by atoms with van der Waals surface area (Å²) >= 11 is 0. The van der Waals surface area contributed by atoms with Crippen LogP contribution in [0.15, 0.2) is 24.3 Å². The molecule has 0 bridgehead atoms. The molecule has 2 atom stereocenters. The molecule has 1 aromatic rings. The van der Waals surface area contributed by atoms with Crippen LogP contribution in [0.2, 0.25) is 0 Å². The maximum Gasteiger partial charge on any atom is 0.226 e. The maximum atomic E-state index is 12.2. The van der Waals surface area contributed by atoms with Gasteiger partial charge in [0.15, 0.2) is 0 Å². The van der Waals surface area contributed by atoms with Gasteiger partial charge in [-0.3, -0.25) is 9.69 Å². The Morgan fingerprint density at radius 3 is 2.96 bits per heavy atom. The number of ether oxygens (including phenoxy) is 1. The van der Waals surface area contributed by atoms with Crippen molar-refractivity contribution in [2.75, 3.05) is 32.1 Å². The molecule has 1 aromatic carbocycles. The number of benzene rings is 1. The Balaban J connectivity index is 1.76. The third kappa shape index (κ3) is 5.22. The molecule has 2 N–H and O–H groups in total. The van der Waals surface area contributed by atoms with Crippen molar-refractivity contribution >= 4 is 11.6 Å². The monoisotopic (exact) mass is 319 g/mol. The maximum absolute atomic E-state index is 12.2. The highest BCUT2D eigenvalue weighted by Gasteiger charge is 2.23. The molecule has 1 heterocycles. The molecule has 2 rings (SSSR count). The van der Waals surface area contributed by atoms with Crippen molar-refractivity contribution in [1.82, 2.24) is 10.2 Å². The molecular weight excluding hydrogens is 290 g/mol. The molecule has 0 aliphatic carbocycles. The van der Waals surface area contributed by atoms with Crippen LogP contribution in [0.5, 0.6) is 5.75 Å². The number of carbonyl (C=O) groups is 1. The molecule has 0 radical (unpaired) electrons. The number of nitrogens with one attached hydrogen (secondary N) is 2. The SMILES string of the molecule is CCN1CCC[C@H]1CN[C@@H](C)CC(=O)Nc1ccccc1OC. The van der Waals surface area contributed by atoms with Crippen molar-refractivity contribution in [2.45, 2.75) is 45.2 Å². The zero-order valence-electron chi connectivity index (χ0n) is 14.5. The second-order valence-corrected chi connectivity index (χ2v) is 6.19. The van der Waals surface area contributed by atoms with E-state index in [1.807, 2.05) is 24.3 Å². The number of hydrogen-bond donors (Lipinski definition) is 2. The van der Waals surface area contributed by atoms with Gasteiger partial charge >= 0.3 is 0 Å². The Morgan fingerprint density at radius 1 is 1.43 bits per heavy atom. The molecule has 5 nitrogen and oxygen atoms in total. The zero-order chi connectivity index (χ0) is 16.7. The first-order valence-corrected chi connectivity index (χ1v) is 8.54. The Hall–Kier alpha value is -1.59. The van der Waals surface area contributed by atoms with Gasteiger partial charge in [-0.25, -0.2) is 0 Å². The minimum absolute atomic E-state index is 0.00766. The predicted octanol–water partition coefficient (Wildman–Crippen LogP) is 2.49. The van der Waals surface area contributed by atoms with Crippen molar-refractivity contribution in [3.8, 4) is 5.75 Å². The highest BCUT2D eigenvalue weighted by atomic mass is 16.5. The van der Waals surface area contributed by atoms with E-state index in [2.05, 4.69) is 29.4 Å². The summed E-state index contributed by atoms with van der Waals surface area (Å²) in [4.78, 5) is 14.7. The van der Waals surface area contributed by atoms with Crippen LogP contribution in [0, 0.1) is 0 Å². The number of para-hydroxylation sites is 2. The largest absolute Gasteiger partial charge is 0.495 e. The highest BCUT2D eigenvalue weighted by Crippen LogP contribution is 2.23. The molecular formula is C18H29N3O2. The first-order valence-electron chi connectivity index (χ1n) is 8.54. The fraction of sp³-hybridized carbons (Fsp3) is 0.611. The molecule has 1 fully saturated rings. The van der Waals surface area contributed by atoms with Crippen molar-refractivity contribution < 1.29 is 9.53 Å². The summed E-state index contributed by atoms with van der Waals surface area (Å²) < 4.78 is 5.25. The standard InChI is InChI=1S/C18H29N3O2/c1-4-21-11-7-8-15(21)13-19-14(2)12-18(22)20-16-9-5-6-10-17(16)23-3/h5-6,9-10,14-15,19H,4,7-8,11-13H2,1-3H3,(H,20,22)/t14-,15-/m0/s1. The van der Waals surface area contributed by atoms with Gasteiger partial charge in [0.25, 0.3) is 0 Å². The Kier molecular flexibility index (Phi) is 6.86. The minimum Gasteiger partial charge on any atom is -0.495 e. The van der Waals surface area contributed by atoms with Gasteiger partial charge in [-0.15, -0.1) is 0 Å². The van der Waals surface area contributed by atoms with E-state index in [4.69, 9.17) is 4.74 Å². The Labute approximate surface area is 139 Å². The van der Waals surface area contributed by atoms with E-state index in [1.54, 1.807) is 7.11 Å². The summed E-state index contributed by atoms with van der Waals surface area (Å²) in [6.07, 6.45) is 2.99. The molecule has 0 saturated carbocycles. The molecule has 23 heavy (non-hydrogen) atoms. The van der Waals surface area contributed by atoms with Crippen LogP contribution >= 0.6 is 0 Å². The van der Waals surface area contributed by atoms with Crippen LogP contribution in [0.4, 0.5) is 5.69 Å². The van der Waals surface area contributed by atoms with Gasteiger partial charge < -0.3 is 15.4 Å². The molecule has 5 heteroatoms. The van der Waals surface area contributed by atoms with Gasteiger partial charge in [0, 0.05) is 25.0 Å². The second-order valence-electron chi connectivity index (χ2n) is 6.19. The number of likely N-dealkylation sites (N-methyl/N-ethyl adjacent to an activating group) is 1. The normalized spacial score (nSPS) is 19.5. The van der Waals surface area contributed by atoms with Crippen LogP contribution in [0.3, 0.4) is 0 Å². The number of amides is 1. The number of rotatable bonds is 8. The second kappa shape index (κ2) is 8.89. The molecule has 1 aliphatic heterocycles. The number of carbonyl (C=O) groups excluding carboxylic acids is 1. The number of hydrogen-bond acceptors (Lipinski definition) is 4. The first kappa shape index (κ1) is 17.8. The molecule has 1 aliphatic rings. The molecule has 0 spiro atoms. The van der Waals surface area contributed by atoms with Crippen LogP contribution in [-0.4, -0.2) is 49.6 Å². The Bertz CT molecular complexity index is 507. The predicted molar refractivity (Wildman–Crippen MR) is 94.0 cm³/mol. The lowest BCUT2D eigenvalue weighted by Crippen LogP contribution is -2.41. The van der Waals surface area contributed by atoms with Crippen molar-refractivity contribution in [2.24, 2.45) is 0 Å². The van der Waals surface area contributed by atoms with Crippen LogP contribution in [0.1, 0.15) is 33.1 Å². The van der Waals surface area contributed by atoms with Crippen molar-refractivity contribution in [3.63, 3.8) is 0 Å². The summed E-state index contributed by atoms with van der Waals surface area (Å²) in [7, 11) is 1.61. The summed E-state index contributed by atoms with van der Waals surface area (Å²) in [6.45, 7) is 7.53. The van der Waals surface area contributed by atoms with E-state index in [9.17, 15) is 4.79 Å². The summed E-state index contributed by atoms with van der Waals surface area (Å²) in [6, 6.07) is 8.24. The van der Waals surface area contributed by atoms with E-state index < -0.39 is 0 Å². The van der Waals surface area contributed by atoms with E-state index in [0.717, 1.165) is 18.8 Å². The molecule has 0 unspecified atom stereocenters. The van der Waals surface area contributed by atoms with Crippen LogP contribution in [0.25, 0.3) is 0 Å². The summed E-state index contributed by atoms with van der Waals surface area (Å²) in [5.41, 5.74) is 0.722. The van der Waals surface area contributed by atoms with Gasteiger partial charge in [-0.1, -0.05) is 19.1 Å². The third-order valence-corrected chi connectivity index (χ3v) is 4.48. The van der Waals surface area contributed by atoms with E-state index in [0.29, 0.717) is 18.2 Å². The van der Waals surface area contributed by atoms with E-state index >= 15 is 0 Å². The minimum atomic E-state index is 0.00766. The smallest absolute Gasteiger partial charge is 0.226 e. The lowest BCUT2D eigenvalue weighted by molar-refractivity contribution is -0.116. The average Bonchev–Trinajstić information content (AvgIpc) is 3.01. The molecule has 0 aromatic heterocycles. The van der Waals surface area contributed by atoms with E-state index in [1.165, 1.54) is 19.4 Å². The highest BCUT2D eigenvalue weighted by molar-refractivity contribution is 5.92. The first-order chi connectivity index (χ1) is 11.1. The van der Waals surface area contributed by atoms with Crippen molar-refractivity contribution in [3.05, 3.63) is 24.3 Å². The quantitative estimate of drug-likeness (QED) is 0.773. The lowest BCUT2D eigenvalue weighted by Gasteiger charge is -2.24. The van der Waals surface area contributed by atoms with Crippen molar-refractivity contribution in [1.29, 1.82) is 0 Å².